The fraction of sp³-hybridized carbons (Fsp3) is 0.171. The molecule has 0 aliphatic heterocycles. The molecule has 0 saturated heterocycles. The molecule has 11 nitrogen and oxygen atoms in total. The summed E-state index contributed by atoms with van der Waals surface area (Å²) in [6.07, 6.45) is 4.72. The lowest BCUT2D eigenvalue weighted by Gasteiger charge is -2.15. The van der Waals surface area contributed by atoms with Gasteiger partial charge in [-0.15, -0.1) is 0 Å². The molecule has 3 aromatic heterocycles. The molecule has 0 fully saturated rings. The molecule has 0 saturated carbocycles. The Morgan fingerprint density at radius 1 is 0.894 bits per heavy atom. The number of carbonyl (C=O) groups excluding carboxylic acids is 1. The van der Waals surface area contributed by atoms with Crippen LogP contribution < -0.4 is 20.7 Å². The molecule has 0 bridgehead atoms. The van der Waals surface area contributed by atoms with Crippen molar-refractivity contribution < 1.29 is 14.6 Å². The van der Waals surface area contributed by atoms with E-state index in [2.05, 4.69) is 51.7 Å². The molecule has 47 heavy (non-hydrogen) atoms. The standard InChI is InChI=1S/C35H33ClN8O3/c1-35(2,3)30-17-33(44(43-30)25-8-6-7-23(36)16-25)42-34(46)40-28-11-12-29(27-10-5-4-9-26(27)28)47-21-22-13-14-37-31(15-22)41-32-19-38-24(20-45)18-39-32/h4-19,45H,20-21H2,1-3H3,(H,37,39,41)(H2,40,42,46). The van der Waals surface area contributed by atoms with Gasteiger partial charge >= 0.3 is 6.03 Å². The third-order valence-corrected chi connectivity index (χ3v) is 7.48. The van der Waals surface area contributed by atoms with Crippen molar-refractivity contribution in [1.82, 2.24) is 24.7 Å². The number of pyridine rings is 1. The lowest BCUT2D eigenvalue weighted by atomic mass is 9.92. The zero-order chi connectivity index (χ0) is 33.0. The number of nitrogens with zero attached hydrogens (tertiary/aromatic N) is 5. The number of aromatic nitrogens is 5. The molecule has 6 rings (SSSR count). The van der Waals surface area contributed by atoms with Gasteiger partial charge in [0.25, 0.3) is 0 Å². The van der Waals surface area contributed by atoms with Crippen LogP contribution in [0.5, 0.6) is 5.75 Å². The van der Waals surface area contributed by atoms with E-state index < -0.39 is 6.03 Å². The van der Waals surface area contributed by atoms with Gasteiger partial charge < -0.3 is 20.5 Å². The Labute approximate surface area is 276 Å². The van der Waals surface area contributed by atoms with E-state index in [1.807, 2.05) is 66.7 Å². The monoisotopic (exact) mass is 648 g/mol. The third-order valence-electron chi connectivity index (χ3n) is 7.25. The highest BCUT2D eigenvalue weighted by Crippen LogP contribution is 2.33. The molecule has 3 heterocycles. The summed E-state index contributed by atoms with van der Waals surface area (Å²) in [6, 6.07) is 23.9. The number of benzene rings is 3. The van der Waals surface area contributed by atoms with Crippen molar-refractivity contribution in [2.24, 2.45) is 0 Å². The maximum atomic E-state index is 13.4. The van der Waals surface area contributed by atoms with Crippen molar-refractivity contribution in [2.75, 3.05) is 16.0 Å². The highest BCUT2D eigenvalue weighted by Gasteiger charge is 2.22. The van der Waals surface area contributed by atoms with Crippen LogP contribution in [0.1, 0.15) is 37.7 Å². The Morgan fingerprint density at radius 3 is 2.47 bits per heavy atom. The number of hydrogen-bond donors (Lipinski definition) is 4. The van der Waals surface area contributed by atoms with Gasteiger partial charge in [-0.1, -0.05) is 62.7 Å². The van der Waals surface area contributed by atoms with Gasteiger partial charge in [0.05, 0.1) is 41.8 Å². The average molecular weight is 649 g/mol. The summed E-state index contributed by atoms with van der Waals surface area (Å²) in [6.45, 7) is 6.31. The molecule has 3 aromatic carbocycles. The van der Waals surface area contributed by atoms with E-state index in [0.29, 0.717) is 39.6 Å². The van der Waals surface area contributed by atoms with E-state index in [1.165, 1.54) is 12.4 Å². The Morgan fingerprint density at radius 2 is 1.72 bits per heavy atom. The quantitative estimate of drug-likeness (QED) is 0.126. The number of halogens is 1. The lowest BCUT2D eigenvalue weighted by molar-refractivity contribution is 0.262. The molecule has 0 aliphatic rings. The number of rotatable bonds is 9. The van der Waals surface area contributed by atoms with Gasteiger partial charge in [0, 0.05) is 33.5 Å². The van der Waals surface area contributed by atoms with Gasteiger partial charge in [0.1, 0.15) is 29.8 Å². The van der Waals surface area contributed by atoms with E-state index in [4.69, 9.17) is 21.4 Å². The minimum Gasteiger partial charge on any atom is -0.488 e. The minimum atomic E-state index is -0.417. The van der Waals surface area contributed by atoms with Gasteiger partial charge in [-0.3, -0.25) is 10.3 Å². The first-order valence-electron chi connectivity index (χ1n) is 14.9. The van der Waals surface area contributed by atoms with Crippen LogP contribution in [0.25, 0.3) is 16.5 Å². The van der Waals surface area contributed by atoms with Crippen LogP contribution in [0, 0.1) is 0 Å². The topological polar surface area (TPSA) is 139 Å². The number of carbonyl (C=O) groups is 1. The average Bonchev–Trinajstić information content (AvgIpc) is 3.49. The van der Waals surface area contributed by atoms with Crippen LogP contribution in [0.2, 0.25) is 5.02 Å². The first-order chi connectivity index (χ1) is 22.7. The molecule has 0 spiro atoms. The molecular formula is C35H33ClN8O3. The number of hydrogen-bond acceptors (Lipinski definition) is 8. The molecule has 0 aliphatic carbocycles. The summed E-state index contributed by atoms with van der Waals surface area (Å²) in [5.41, 5.74) is 3.31. The van der Waals surface area contributed by atoms with E-state index in [-0.39, 0.29) is 18.6 Å². The molecule has 0 atom stereocenters. The number of ether oxygens (including phenoxy) is 1. The van der Waals surface area contributed by atoms with E-state index >= 15 is 0 Å². The maximum Gasteiger partial charge on any atom is 0.324 e. The SMILES string of the molecule is CC(C)(C)c1cc(NC(=O)Nc2ccc(OCc3ccnc(Nc4cnc(CO)cn4)c3)c3ccccc23)n(-c2cccc(Cl)c2)n1. The van der Waals surface area contributed by atoms with Gasteiger partial charge in [-0.05, 0) is 48.0 Å². The van der Waals surface area contributed by atoms with Crippen molar-refractivity contribution in [2.45, 2.75) is 39.4 Å². The van der Waals surface area contributed by atoms with Gasteiger partial charge in [0.2, 0.25) is 0 Å². The van der Waals surface area contributed by atoms with Crippen molar-refractivity contribution in [3.8, 4) is 11.4 Å². The number of anilines is 4. The second-order valence-electron chi connectivity index (χ2n) is 11.8. The third kappa shape index (κ3) is 7.49. The van der Waals surface area contributed by atoms with E-state index in [9.17, 15) is 9.90 Å². The first kappa shape index (κ1) is 31.5. The van der Waals surface area contributed by atoms with Crippen LogP contribution >= 0.6 is 11.6 Å². The van der Waals surface area contributed by atoms with Crippen LogP contribution in [-0.2, 0) is 18.6 Å². The Hall–Kier alpha value is -5.52. The summed E-state index contributed by atoms with van der Waals surface area (Å²) in [5, 5.41) is 25.3. The molecular weight excluding hydrogens is 616 g/mol. The zero-order valence-corrected chi connectivity index (χ0v) is 26.8. The summed E-state index contributed by atoms with van der Waals surface area (Å²) in [5.74, 6) is 2.27. The predicted molar refractivity (Wildman–Crippen MR) is 184 cm³/mol. The second kappa shape index (κ2) is 13.5. The van der Waals surface area contributed by atoms with Crippen molar-refractivity contribution in [3.63, 3.8) is 0 Å². The van der Waals surface area contributed by atoms with E-state index in [0.717, 1.165) is 27.7 Å². The van der Waals surface area contributed by atoms with Crippen LogP contribution in [-0.4, -0.2) is 35.9 Å². The normalized spacial score (nSPS) is 11.3. The Kier molecular flexibility index (Phi) is 9.01. The van der Waals surface area contributed by atoms with Crippen molar-refractivity contribution in [3.05, 3.63) is 119 Å². The van der Waals surface area contributed by atoms with Gasteiger partial charge in [-0.2, -0.15) is 5.10 Å². The van der Waals surface area contributed by atoms with Gasteiger partial charge in [-0.25, -0.2) is 19.4 Å². The number of amides is 2. The molecule has 0 unspecified atom stereocenters. The Balaban J connectivity index is 1.18. The number of urea groups is 1. The van der Waals surface area contributed by atoms with Crippen LogP contribution in [0.3, 0.4) is 0 Å². The van der Waals surface area contributed by atoms with Crippen LogP contribution in [0.4, 0.5) is 27.9 Å². The molecule has 12 heteroatoms. The summed E-state index contributed by atoms with van der Waals surface area (Å²) < 4.78 is 7.93. The number of fused-ring (bicyclic) bond motifs is 1. The summed E-state index contributed by atoms with van der Waals surface area (Å²) in [4.78, 5) is 26.1. The minimum absolute atomic E-state index is 0.174. The van der Waals surface area contributed by atoms with Crippen LogP contribution in [0.15, 0.2) is 97.5 Å². The number of aliphatic hydroxyl groups is 1. The lowest BCUT2D eigenvalue weighted by Crippen LogP contribution is -2.21. The molecule has 2 amide bonds. The number of aliphatic hydroxyl groups excluding tert-OH is 1. The molecule has 6 aromatic rings. The van der Waals surface area contributed by atoms with Gasteiger partial charge in [0.15, 0.2) is 0 Å². The Bertz CT molecular complexity index is 2040. The summed E-state index contributed by atoms with van der Waals surface area (Å²) >= 11 is 6.26. The predicted octanol–water partition coefficient (Wildman–Crippen LogP) is 7.62. The molecule has 238 valence electrons. The highest BCUT2D eigenvalue weighted by atomic mass is 35.5. The first-order valence-corrected chi connectivity index (χ1v) is 15.3. The van der Waals surface area contributed by atoms with E-state index in [1.54, 1.807) is 23.0 Å². The molecule has 0 radical (unpaired) electrons. The van der Waals surface area contributed by atoms with Crippen molar-refractivity contribution in [1.29, 1.82) is 0 Å². The fourth-order valence-corrected chi connectivity index (χ4v) is 5.03. The number of nitrogens with one attached hydrogen (secondary N) is 3. The molecule has 4 N–H and O–H groups in total. The highest BCUT2D eigenvalue weighted by molar-refractivity contribution is 6.30. The largest absolute Gasteiger partial charge is 0.488 e. The maximum absolute atomic E-state index is 13.4. The van der Waals surface area contributed by atoms with Crippen molar-refractivity contribution >= 4 is 51.5 Å². The fourth-order valence-electron chi connectivity index (χ4n) is 4.84. The smallest absolute Gasteiger partial charge is 0.324 e. The zero-order valence-electron chi connectivity index (χ0n) is 26.0. The summed E-state index contributed by atoms with van der Waals surface area (Å²) in [7, 11) is 0. The second-order valence-corrected chi connectivity index (χ2v) is 12.2.